The Hall–Kier alpha value is -2.05. The van der Waals surface area contributed by atoms with Crippen LogP contribution in [0.5, 0.6) is 0 Å². The number of nitrogens with one attached hydrogen (secondary N) is 2. The van der Waals surface area contributed by atoms with Crippen molar-refractivity contribution in [2.45, 2.75) is 6.92 Å². The smallest absolute Gasteiger partial charge is 0.234 e. The third-order valence-corrected chi connectivity index (χ3v) is 4.24. The lowest BCUT2D eigenvalue weighted by Gasteiger charge is -2.09. The molecule has 0 unspecified atom stereocenters. The summed E-state index contributed by atoms with van der Waals surface area (Å²) in [4.78, 5) is 23.6. The minimum Gasteiger partial charge on any atom is -0.325 e. The normalized spacial score (nSPS) is 10.3. The van der Waals surface area contributed by atoms with E-state index >= 15 is 0 Å². The number of rotatable bonds is 6. The number of halogens is 2. The molecule has 0 atom stereocenters. The van der Waals surface area contributed by atoms with Crippen LogP contribution in [0, 0.1) is 12.7 Å². The first-order valence-electron chi connectivity index (χ1n) is 7.14. The van der Waals surface area contributed by atoms with Crippen LogP contribution in [0.2, 0.25) is 5.02 Å². The van der Waals surface area contributed by atoms with Crippen LogP contribution in [-0.2, 0) is 9.59 Å². The first-order chi connectivity index (χ1) is 11.5. The van der Waals surface area contributed by atoms with Gasteiger partial charge in [0.1, 0.15) is 5.82 Å². The number of anilines is 2. The molecule has 24 heavy (non-hydrogen) atoms. The highest BCUT2D eigenvalue weighted by molar-refractivity contribution is 8.00. The molecule has 2 N–H and O–H groups in total. The second-order valence-corrected chi connectivity index (χ2v) is 6.45. The molecule has 0 aromatic heterocycles. The fraction of sp³-hybridized carbons (Fsp3) is 0.176. The van der Waals surface area contributed by atoms with E-state index in [1.54, 1.807) is 30.3 Å². The number of hydrogen-bond acceptors (Lipinski definition) is 3. The summed E-state index contributed by atoms with van der Waals surface area (Å²) in [5.41, 5.74) is 1.67. The third-order valence-electron chi connectivity index (χ3n) is 3.08. The molecule has 0 heterocycles. The highest BCUT2D eigenvalue weighted by Gasteiger charge is 2.09. The molecule has 0 spiro atoms. The number of hydrogen-bond donors (Lipinski definition) is 2. The minimum absolute atomic E-state index is 0.0569. The van der Waals surface area contributed by atoms with Gasteiger partial charge in [-0.2, -0.15) is 0 Å². The maximum Gasteiger partial charge on any atom is 0.234 e. The molecule has 0 fully saturated rings. The van der Waals surface area contributed by atoms with Crippen molar-refractivity contribution in [3.8, 4) is 0 Å². The number of carbonyl (C=O) groups excluding carboxylic acids is 2. The quantitative estimate of drug-likeness (QED) is 0.809. The van der Waals surface area contributed by atoms with Crippen molar-refractivity contribution in [1.29, 1.82) is 0 Å². The Balaban J connectivity index is 1.76. The van der Waals surface area contributed by atoms with Crippen LogP contribution >= 0.6 is 23.4 Å². The van der Waals surface area contributed by atoms with E-state index in [9.17, 15) is 14.0 Å². The topological polar surface area (TPSA) is 58.2 Å². The van der Waals surface area contributed by atoms with Crippen LogP contribution in [0.1, 0.15) is 5.56 Å². The number of benzene rings is 2. The molecule has 0 saturated carbocycles. The van der Waals surface area contributed by atoms with Crippen molar-refractivity contribution >= 4 is 46.6 Å². The van der Waals surface area contributed by atoms with Crippen LogP contribution in [0.15, 0.2) is 42.5 Å². The summed E-state index contributed by atoms with van der Waals surface area (Å²) in [6, 6.07) is 11.1. The predicted molar refractivity (Wildman–Crippen MR) is 97.2 cm³/mol. The summed E-state index contributed by atoms with van der Waals surface area (Å²) in [6.07, 6.45) is 0. The van der Waals surface area contributed by atoms with Gasteiger partial charge in [-0.15, -0.1) is 11.8 Å². The maximum absolute atomic E-state index is 13.4. The van der Waals surface area contributed by atoms with E-state index in [2.05, 4.69) is 10.6 Å². The van der Waals surface area contributed by atoms with E-state index in [-0.39, 0.29) is 29.0 Å². The number of thioether (sulfide) groups is 1. The lowest BCUT2D eigenvalue weighted by Crippen LogP contribution is -2.19. The largest absolute Gasteiger partial charge is 0.325 e. The van der Waals surface area contributed by atoms with Gasteiger partial charge in [-0.1, -0.05) is 23.7 Å². The second kappa shape index (κ2) is 8.70. The molecular formula is C17H16ClFN2O2S. The number of carbonyl (C=O) groups is 2. The van der Waals surface area contributed by atoms with Gasteiger partial charge in [-0.05, 0) is 42.8 Å². The molecule has 0 aliphatic rings. The summed E-state index contributed by atoms with van der Waals surface area (Å²) in [5, 5.41) is 5.83. The molecule has 0 saturated heterocycles. The lowest BCUT2D eigenvalue weighted by atomic mass is 10.2. The molecule has 2 aromatic rings. The molecule has 0 aliphatic heterocycles. The van der Waals surface area contributed by atoms with Gasteiger partial charge in [-0.3, -0.25) is 9.59 Å². The number of aryl methyl sites for hydroxylation is 1. The Labute approximate surface area is 148 Å². The van der Waals surface area contributed by atoms with Crippen molar-refractivity contribution in [3.63, 3.8) is 0 Å². The summed E-state index contributed by atoms with van der Waals surface area (Å²) in [7, 11) is 0. The van der Waals surface area contributed by atoms with E-state index in [0.29, 0.717) is 10.7 Å². The van der Waals surface area contributed by atoms with Gasteiger partial charge in [0.2, 0.25) is 11.8 Å². The van der Waals surface area contributed by atoms with E-state index in [1.807, 2.05) is 6.92 Å². The average molecular weight is 367 g/mol. The van der Waals surface area contributed by atoms with Crippen molar-refractivity contribution < 1.29 is 14.0 Å². The zero-order valence-corrected chi connectivity index (χ0v) is 14.5. The summed E-state index contributed by atoms with van der Waals surface area (Å²) < 4.78 is 13.4. The maximum atomic E-state index is 13.4. The zero-order chi connectivity index (χ0) is 17.5. The highest BCUT2D eigenvalue weighted by Crippen LogP contribution is 2.20. The Morgan fingerprint density at radius 3 is 2.29 bits per heavy atom. The summed E-state index contributed by atoms with van der Waals surface area (Å²) in [6.45, 7) is 1.84. The molecule has 0 aliphatic carbocycles. The molecule has 4 nitrogen and oxygen atoms in total. The lowest BCUT2D eigenvalue weighted by molar-refractivity contribution is -0.114. The van der Waals surface area contributed by atoms with Gasteiger partial charge in [0.15, 0.2) is 0 Å². The highest BCUT2D eigenvalue weighted by atomic mass is 35.5. The molecule has 126 valence electrons. The zero-order valence-electron chi connectivity index (χ0n) is 12.9. The van der Waals surface area contributed by atoms with E-state index in [4.69, 9.17) is 11.6 Å². The van der Waals surface area contributed by atoms with Crippen molar-refractivity contribution in [1.82, 2.24) is 0 Å². The Morgan fingerprint density at radius 2 is 1.67 bits per heavy atom. The first kappa shape index (κ1) is 18.3. The molecular weight excluding hydrogens is 351 g/mol. The third kappa shape index (κ3) is 5.54. The van der Waals surface area contributed by atoms with Gasteiger partial charge in [-0.25, -0.2) is 4.39 Å². The van der Waals surface area contributed by atoms with Crippen LogP contribution in [0.4, 0.5) is 15.8 Å². The summed E-state index contributed by atoms with van der Waals surface area (Å²) in [5.74, 6) is -0.898. The number of para-hydroxylation sites is 1. The van der Waals surface area contributed by atoms with Crippen molar-refractivity contribution in [2.24, 2.45) is 0 Å². The van der Waals surface area contributed by atoms with Gasteiger partial charge >= 0.3 is 0 Å². The van der Waals surface area contributed by atoms with Crippen molar-refractivity contribution in [3.05, 3.63) is 58.9 Å². The standard InChI is InChI=1S/C17H16ClFN2O2S/c1-11-8-12(18)6-7-14(11)20-16(22)9-24-10-17(23)21-15-5-3-2-4-13(15)19/h2-8H,9-10H2,1H3,(H,20,22)(H,21,23). The predicted octanol–water partition coefficient (Wildman–Crippen LogP) is 4.10. The molecule has 2 amide bonds. The molecule has 7 heteroatoms. The van der Waals surface area contributed by atoms with Gasteiger partial charge in [0.05, 0.1) is 17.2 Å². The molecule has 0 radical (unpaired) electrons. The SMILES string of the molecule is Cc1cc(Cl)ccc1NC(=O)CSCC(=O)Nc1ccccc1F. The van der Waals surface area contributed by atoms with E-state index < -0.39 is 5.82 Å². The second-order valence-electron chi connectivity index (χ2n) is 5.03. The molecule has 0 bridgehead atoms. The number of amides is 2. The fourth-order valence-electron chi connectivity index (χ4n) is 1.94. The fourth-order valence-corrected chi connectivity index (χ4v) is 2.78. The van der Waals surface area contributed by atoms with Gasteiger partial charge in [0, 0.05) is 10.7 Å². The Bertz CT molecular complexity index is 755. The average Bonchev–Trinajstić information content (AvgIpc) is 2.52. The van der Waals surface area contributed by atoms with Gasteiger partial charge in [0.25, 0.3) is 0 Å². The van der Waals surface area contributed by atoms with Crippen LogP contribution < -0.4 is 10.6 Å². The van der Waals surface area contributed by atoms with Crippen LogP contribution in [-0.4, -0.2) is 23.3 Å². The van der Waals surface area contributed by atoms with Crippen molar-refractivity contribution in [2.75, 3.05) is 22.1 Å². The molecule has 2 aromatic carbocycles. The van der Waals surface area contributed by atoms with Gasteiger partial charge < -0.3 is 10.6 Å². The monoisotopic (exact) mass is 366 g/mol. The molecule has 2 rings (SSSR count). The van der Waals surface area contributed by atoms with Crippen LogP contribution in [0.25, 0.3) is 0 Å². The van der Waals surface area contributed by atoms with E-state index in [1.165, 1.54) is 12.1 Å². The summed E-state index contributed by atoms with van der Waals surface area (Å²) >= 11 is 7.01. The Kier molecular flexibility index (Phi) is 6.63. The van der Waals surface area contributed by atoms with Crippen LogP contribution in [0.3, 0.4) is 0 Å². The Morgan fingerprint density at radius 1 is 1.04 bits per heavy atom. The minimum atomic E-state index is -0.494. The first-order valence-corrected chi connectivity index (χ1v) is 8.67. The van der Waals surface area contributed by atoms with E-state index in [0.717, 1.165) is 17.3 Å².